The van der Waals surface area contributed by atoms with E-state index in [1.54, 1.807) is 0 Å². The Labute approximate surface area is 95.8 Å². The van der Waals surface area contributed by atoms with Gasteiger partial charge < -0.3 is 5.73 Å². The van der Waals surface area contributed by atoms with E-state index >= 15 is 0 Å². The Morgan fingerprint density at radius 2 is 2.07 bits per heavy atom. The maximum atomic E-state index is 13.8. The summed E-state index contributed by atoms with van der Waals surface area (Å²) in [4.78, 5) is 0. The molecule has 0 heterocycles. The molecule has 4 heteroatoms. The highest BCUT2D eigenvalue weighted by Crippen LogP contribution is 2.47. The van der Waals surface area contributed by atoms with Gasteiger partial charge in [0.25, 0.3) is 0 Å². The van der Waals surface area contributed by atoms with Gasteiger partial charge >= 0.3 is 0 Å². The van der Waals surface area contributed by atoms with Gasteiger partial charge in [-0.15, -0.1) is 0 Å². The van der Waals surface area contributed by atoms with Crippen LogP contribution in [-0.2, 0) is 5.41 Å². The number of nitrogens with two attached hydrogens (primary N) is 1. The quantitative estimate of drug-likeness (QED) is 0.722. The second-order valence-electron chi connectivity index (χ2n) is 4.64. The van der Waals surface area contributed by atoms with E-state index in [9.17, 15) is 8.78 Å². The summed E-state index contributed by atoms with van der Waals surface area (Å²) in [7, 11) is 0. The third kappa shape index (κ3) is 1.51. The van der Waals surface area contributed by atoms with Gasteiger partial charge in [0.1, 0.15) is 11.6 Å². The zero-order chi connectivity index (χ0) is 11.4. The van der Waals surface area contributed by atoms with Crippen LogP contribution in [0.4, 0.5) is 8.78 Å². The van der Waals surface area contributed by atoms with Gasteiger partial charge in [-0.3, -0.25) is 0 Å². The Balaban J connectivity index is 2.78. The largest absolute Gasteiger partial charge is 0.324 e. The highest BCUT2D eigenvalue weighted by atomic mass is 79.9. The van der Waals surface area contributed by atoms with Crippen molar-refractivity contribution >= 4 is 15.9 Å². The molecule has 0 aromatic heterocycles. The van der Waals surface area contributed by atoms with Crippen molar-refractivity contribution in [3.63, 3.8) is 0 Å². The smallest absolute Gasteiger partial charge is 0.142 e. The molecule has 1 atom stereocenters. The van der Waals surface area contributed by atoms with Crippen LogP contribution in [0.25, 0.3) is 0 Å². The number of hydrogen-bond donors (Lipinski definition) is 1. The van der Waals surface area contributed by atoms with Crippen LogP contribution in [-0.4, -0.2) is 0 Å². The molecule has 15 heavy (non-hydrogen) atoms. The van der Waals surface area contributed by atoms with Crippen LogP contribution in [0.2, 0.25) is 0 Å². The fourth-order valence-corrected chi connectivity index (χ4v) is 2.82. The first-order valence-electron chi connectivity index (χ1n) is 4.78. The first kappa shape index (κ1) is 11.0. The molecular formula is C11H12BrF2N. The monoisotopic (exact) mass is 275 g/mol. The third-order valence-corrected chi connectivity index (χ3v) is 3.56. The van der Waals surface area contributed by atoms with Crippen molar-refractivity contribution in [1.82, 2.24) is 0 Å². The summed E-state index contributed by atoms with van der Waals surface area (Å²) >= 11 is 2.99. The Morgan fingerprint density at radius 1 is 1.47 bits per heavy atom. The Kier molecular flexibility index (Phi) is 2.39. The van der Waals surface area contributed by atoms with E-state index in [2.05, 4.69) is 15.9 Å². The van der Waals surface area contributed by atoms with E-state index in [0.29, 0.717) is 17.5 Å². The molecule has 0 amide bonds. The van der Waals surface area contributed by atoms with E-state index in [0.717, 1.165) is 0 Å². The van der Waals surface area contributed by atoms with Gasteiger partial charge in [0.05, 0.1) is 4.47 Å². The predicted octanol–water partition coefficient (Wildman–Crippen LogP) is 3.41. The summed E-state index contributed by atoms with van der Waals surface area (Å²) in [6.07, 6.45) is 0.576. The van der Waals surface area contributed by atoms with E-state index in [-0.39, 0.29) is 15.7 Å². The maximum Gasteiger partial charge on any atom is 0.142 e. The highest BCUT2D eigenvalue weighted by Gasteiger charge is 2.40. The molecule has 1 aromatic carbocycles. The summed E-state index contributed by atoms with van der Waals surface area (Å²) < 4.78 is 27.7. The summed E-state index contributed by atoms with van der Waals surface area (Å²) in [5.41, 5.74) is 6.20. The lowest BCUT2D eigenvalue weighted by Gasteiger charge is -2.19. The molecule has 1 aliphatic carbocycles. The molecule has 82 valence electrons. The van der Waals surface area contributed by atoms with Crippen molar-refractivity contribution < 1.29 is 8.78 Å². The number of fused-ring (bicyclic) bond motifs is 1. The van der Waals surface area contributed by atoms with Crippen molar-refractivity contribution in [1.29, 1.82) is 0 Å². The zero-order valence-electron chi connectivity index (χ0n) is 8.57. The first-order valence-corrected chi connectivity index (χ1v) is 5.57. The molecule has 0 fully saturated rings. The lowest BCUT2D eigenvalue weighted by atomic mass is 9.86. The summed E-state index contributed by atoms with van der Waals surface area (Å²) in [5.74, 6) is -0.805. The molecule has 0 radical (unpaired) electrons. The van der Waals surface area contributed by atoms with E-state index < -0.39 is 11.9 Å². The Morgan fingerprint density at radius 3 is 2.67 bits per heavy atom. The van der Waals surface area contributed by atoms with Gasteiger partial charge in [-0.25, -0.2) is 8.78 Å². The topological polar surface area (TPSA) is 26.0 Å². The van der Waals surface area contributed by atoms with Gasteiger partial charge in [0, 0.05) is 17.2 Å². The predicted molar refractivity (Wildman–Crippen MR) is 58.6 cm³/mol. The summed E-state index contributed by atoms with van der Waals surface area (Å²) in [5, 5.41) is 0. The number of benzene rings is 1. The number of hydrogen-bond acceptors (Lipinski definition) is 1. The van der Waals surface area contributed by atoms with Crippen LogP contribution in [0.1, 0.15) is 37.4 Å². The lowest BCUT2D eigenvalue weighted by molar-refractivity contribution is 0.461. The molecule has 0 saturated heterocycles. The molecule has 0 spiro atoms. The molecule has 0 saturated carbocycles. The SMILES string of the molecule is CC1(C)CC(N)c2c(F)c(Br)cc(F)c21. The zero-order valence-corrected chi connectivity index (χ0v) is 10.2. The van der Waals surface area contributed by atoms with Crippen LogP contribution in [0, 0.1) is 11.6 Å². The van der Waals surface area contributed by atoms with Crippen LogP contribution >= 0.6 is 15.9 Å². The number of halogens is 3. The lowest BCUT2D eigenvalue weighted by Crippen LogP contribution is -2.15. The van der Waals surface area contributed by atoms with E-state index in [1.165, 1.54) is 6.07 Å². The van der Waals surface area contributed by atoms with Crippen molar-refractivity contribution in [3.8, 4) is 0 Å². The molecule has 1 aliphatic rings. The minimum atomic E-state index is -0.426. The van der Waals surface area contributed by atoms with E-state index in [4.69, 9.17) is 5.73 Å². The minimum absolute atomic E-state index is 0.145. The average molecular weight is 276 g/mol. The maximum absolute atomic E-state index is 13.8. The van der Waals surface area contributed by atoms with Crippen LogP contribution in [0.15, 0.2) is 10.5 Å². The normalized spacial score (nSPS) is 22.9. The van der Waals surface area contributed by atoms with Crippen molar-refractivity contribution in [2.45, 2.75) is 31.7 Å². The van der Waals surface area contributed by atoms with Crippen molar-refractivity contribution in [3.05, 3.63) is 33.3 Å². The van der Waals surface area contributed by atoms with Gasteiger partial charge in [-0.1, -0.05) is 13.8 Å². The van der Waals surface area contributed by atoms with Crippen molar-refractivity contribution in [2.75, 3.05) is 0 Å². The van der Waals surface area contributed by atoms with Gasteiger partial charge in [0.15, 0.2) is 0 Å². The molecule has 1 unspecified atom stereocenters. The molecule has 1 nitrogen and oxygen atoms in total. The fourth-order valence-electron chi connectivity index (χ4n) is 2.40. The number of rotatable bonds is 0. The first-order chi connectivity index (χ1) is 6.84. The van der Waals surface area contributed by atoms with E-state index in [1.807, 2.05) is 13.8 Å². The Bertz CT molecular complexity index is 429. The highest BCUT2D eigenvalue weighted by molar-refractivity contribution is 9.10. The summed E-state index contributed by atoms with van der Waals surface area (Å²) in [6, 6.07) is 0.760. The second kappa shape index (κ2) is 3.25. The fraction of sp³-hybridized carbons (Fsp3) is 0.455. The van der Waals surface area contributed by atoms with Gasteiger partial charge in [-0.2, -0.15) is 0 Å². The third-order valence-electron chi connectivity index (χ3n) is 2.99. The van der Waals surface area contributed by atoms with Crippen molar-refractivity contribution in [2.24, 2.45) is 5.73 Å². The molecular weight excluding hydrogens is 264 g/mol. The molecule has 2 rings (SSSR count). The van der Waals surface area contributed by atoms with Crippen LogP contribution in [0.3, 0.4) is 0 Å². The average Bonchev–Trinajstić information content (AvgIpc) is 2.32. The molecule has 2 N–H and O–H groups in total. The van der Waals surface area contributed by atoms with Crippen LogP contribution < -0.4 is 5.73 Å². The Hall–Kier alpha value is -0.480. The second-order valence-corrected chi connectivity index (χ2v) is 5.49. The minimum Gasteiger partial charge on any atom is -0.324 e. The van der Waals surface area contributed by atoms with Crippen LogP contribution in [0.5, 0.6) is 0 Å². The van der Waals surface area contributed by atoms with Gasteiger partial charge in [0.2, 0.25) is 0 Å². The molecule has 0 bridgehead atoms. The van der Waals surface area contributed by atoms with Gasteiger partial charge in [-0.05, 0) is 33.8 Å². The molecule has 0 aliphatic heterocycles. The standard InChI is InChI=1S/C11H12BrF2N/c1-11(2)4-7(15)8-9(11)6(13)3-5(12)10(8)14/h3,7H,4,15H2,1-2H3. The summed E-state index contributed by atoms with van der Waals surface area (Å²) in [6.45, 7) is 3.77. The molecule has 1 aromatic rings.